The van der Waals surface area contributed by atoms with E-state index in [1.54, 1.807) is 13.8 Å². The maximum Gasteiger partial charge on any atom is 0.631 e. The van der Waals surface area contributed by atoms with Crippen molar-refractivity contribution in [3.8, 4) is 0 Å². The van der Waals surface area contributed by atoms with Gasteiger partial charge in [0.25, 0.3) is 0 Å². The first-order valence-corrected chi connectivity index (χ1v) is 4.10. The summed E-state index contributed by atoms with van der Waals surface area (Å²) in [5.74, 6) is 0. The number of aliphatic hydroxyl groups is 1. The summed E-state index contributed by atoms with van der Waals surface area (Å²) >= 11 is 0. The van der Waals surface area contributed by atoms with Crippen LogP contribution >= 0.6 is 0 Å². The highest BCUT2D eigenvalue weighted by atomic mass is 16.5. The van der Waals surface area contributed by atoms with Crippen molar-refractivity contribution in [2.24, 2.45) is 0 Å². The SMILES string of the molecule is C=COC(C)(C)C(C)(C)O.OB(O)O. The Balaban J connectivity index is 0. The molecule has 84 valence electrons. The van der Waals surface area contributed by atoms with E-state index in [0.29, 0.717) is 0 Å². The molecule has 0 aliphatic rings. The van der Waals surface area contributed by atoms with E-state index in [2.05, 4.69) is 6.58 Å². The zero-order valence-electron chi connectivity index (χ0n) is 9.06. The molecule has 0 saturated heterocycles. The second-order valence-electron chi connectivity index (χ2n) is 3.70. The van der Waals surface area contributed by atoms with E-state index >= 15 is 0 Å². The van der Waals surface area contributed by atoms with E-state index in [1.165, 1.54) is 6.26 Å². The van der Waals surface area contributed by atoms with Crippen LogP contribution in [0.5, 0.6) is 0 Å². The Kier molecular flexibility index (Phi) is 6.84. The van der Waals surface area contributed by atoms with Gasteiger partial charge in [-0.1, -0.05) is 6.58 Å². The van der Waals surface area contributed by atoms with Crippen LogP contribution in [0, 0.1) is 0 Å². The van der Waals surface area contributed by atoms with Crippen molar-refractivity contribution >= 4 is 7.32 Å². The highest BCUT2D eigenvalue weighted by molar-refractivity contribution is 6.30. The summed E-state index contributed by atoms with van der Waals surface area (Å²) < 4.78 is 5.11. The van der Waals surface area contributed by atoms with E-state index in [1.807, 2.05) is 13.8 Å². The molecule has 14 heavy (non-hydrogen) atoms. The fourth-order valence-electron chi connectivity index (χ4n) is 0.353. The normalized spacial score (nSPS) is 11.1. The predicted molar refractivity (Wildman–Crippen MR) is 54.1 cm³/mol. The molecular weight excluding hydrogens is 187 g/mol. The van der Waals surface area contributed by atoms with E-state index in [9.17, 15) is 5.11 Å². The van der Waals surface area contributed by atoms with Crippen molar-refractivity contribution in [1.29, 1.82) is 0 Å². The maximum absolute atomic E-state index is 9.50. The van der Waals surface area contributed by atoms with Crippen LogP contribution < -0.4 is 0 Å². The second-order valence-corrected chi connectivity index (χ2v) is 3.70. The summed E-state index contributed by atoms with van der Waals surface area (Å²) in [4.78, 5) is 0. The van der Waals surface area contributed by atoms with Crippen molar-refractivity contribution in [2.75, 3.05) is 0 Å². The molecule has 0 rings (SSSR count). The second kappa shape index (κ2) is 6.03. The van der Waals surface area contributed by atoms with Crippen LogP contribution in [0.3, 0.4) is 0 Å². The van der Waals surface area contributed by atoms with Crippen LogP contribution in [0.1, 0.15) is 27.7 Å². The molecule has 0 radical (unpaired) electrons. The van der Waals surface area contributed by atoms with Crippen LogP contribution in [0.15, 0.2) is 12.8 Å². The Bertz CT molecular complexity index is 159. The summed E-state index contributed by atoms with van der Waals surface area (Å²) in [6.45, 7) is 10.5. The van der Waals surface area contributed by atoms with Gasteiger partial charge in [0.05, 0.1) is 11.9 Å². The molecule has 0 aromatic heterocycles. The summed E-state index contributed by atoms with van der Waals surface area (Å²) in [5.41, 5.74) is -1.42. The number of hydrogen-bond acceptors (Lipinski definition) is 5. The van der Waals surface area contributed by atoms with Gasteiger partial charge in [0.2, 0.25) is 0 Å². The molecule has 0 saturated carbocycles. The van der Waals surface area contributed by atoms with Crippen molar-refractivity contribution in [3.63, 3.8) is 0 Å². The third kappa shape index (κ3) is 8.06. The molecule has 0 unspecified atom stereocenters. The van der Waals surface area contributed by atoms with Gasteiger partial charge < -0.3 is 24.9 Å². The van der Waals surface area contributed by atoms with E-state index < -0.39 is 18.5 Å². The Morgan fingerprint density at radius 1 is 1.14 bits per heavy atom. The molecule has 6 heteroatoms. The standard InChI is InChI=1S/C8H16O2.BH3O3/c1-6-10-8(4,5)7(2,3)9;2-1(3)4/h6,9H,1H2,2-5H3;2-4H. The third-order valence-corrected chi connectivity index (χ3v) is 1.85. The Morgan fingerprint density at radius 3 is 1.50 bits per heavy atom. The molecule has 4 N–H and O–H groups in total. The molecule has 0 aliphatic heterocycles. The smallest absolute Gasteiger partial charge is 0.493 e. The number of rotatable bonds is 3. The lowest BCUT2D eigenvalue weighted by molar-refractivity contribution is -0.113. The summed E-state index contributed by atoms with van der Waals surface area (Å²) in [6.07, 6.45) is 1.35. The zero-order chi connectivity index (χ0) is 12.0. The van der Waals surface area contributed by atoms with Gasteiger partial charge in [-0.3, -0.25) is 0 Å². The molecule has 0 atom stereocenters. The van der Waals surface area contributed by atoms with Gasteiger partial charge in [-0.2, -0.15) is 0 Å². The zero-order valence-corrected chi connectivity index (χ0v) is 9.06. The van der Waals surface area contributed by atoms with E-state index in [-0.39, 0.29) is 0 Å². The van der Waals surface area contributed by atoms with Crippen LogP contribution in [0.4, 0.5) is 0 Å². The van der Waals surface area contributed by atoms with Gasteiger partial charge >= 0.3 is 7.32 Å². The lowest BCUT2D eigenvalue weighted by Crippen LogP contribution is -2.46. The first-order chi connectivity index (χ1) is 6.04. The first kappa shape index (κ1) is 15.9. The van der Waals surface area contributed by atoms with Crippen LogP contribution in [0.25, 0.3) is 0 Å². The fraction of sp³-hybridized carbons (Fsp3) is 0.750. The van der Waals surface area contributed by atoms with Crippen molar-refractivity contribution in [2.45, 2.75) is 38.9 Å². The lowest BCUT2D eigenvalue weighted by Gasteiger charge is -2.35. The highest BCUT2D eigenvalue weighted by Gasteiger charge is 2.35. The molecule has 0 aliphatic carbocycles. The Hall–Kier alpha value is -0.555. The van der Waals surface area contributed by atoms with Crippen molar-refractivity contribution in [3.05, 3.63) is 12.8 Å². The monoisotopic (exact) mass is 206 g/mol. The van der Waals surface area contributed by atoms with Gasteiger partial charge in [0.15, 0.2) is 0 Å². The highest BCUT2D eigenvalue weighted by Crippen LogP contribution is 2.24. The molecule has 0 bridgehead atoms. The van der Waals surface area contributed by atoms with Crippen LogP contribution in [-0.4, -0.2) is 38.7 Å². The van der Waals surface area contributed by atoms with Gasteiger partial charge in [-0.05, 0) is 27.7 Å². The van der Waals surface area contributed by atoms with Crippen molar-refractivity contribution in [1.82, 2.24) is 0 Å². The molecular formula is C8H19BO5. The van der Waals surface area contributed by atoms with Crippen LogP contribution in [0.2, 0.25) is 0 Å². The van der Waals surface area contributed by atoms with E-state index in [0.717, 1.165) is 0 Å². The molecule has 5 nitrogen and oxygen atoms in total. The topological polar surface area (TPSA) is 90.2 Å². The Labute approximate surface area is 84.8 Å². The number of ether oxygens (including phenoxy) is 1. The van der Waals surface area contributed by atoms with Gasteiger partial charge in [0.1, 0.15) is 5.60 Å². The Morgan fingerprint density at radius 2 is 1.43 bits per heavy atom. The minimum Gasteiger partial charge on any atom is -0.493 e. The average molecular weight is 206 g/mol. The minimum absolute atomic E-state index is 0.575. The lowest BCUT2D eigenvalue weighted by atomic mass is 9.90. The fourth-order valence-corrected chi connectivity index (χ4v) is 0.353. The summed E-state index contributed by atoms with van der Waals surface area (Å²) in [6, 6.07) is 0. The first-order valence-electron chi connectivity index (χ1n) is 4.10. The van der Waals surface area contributed by atoms with Gasteiger partial charge in [-0.25, -0.2) is 0 Å². The van der Waals surface area contributed by atoms with Crippen LogP contribution in [-0.2, 0) is 4.74 Å². The quantitative estimate of drug-likeness (QED) is 0.374. The minimum atomic E-state index is -2.17. The molecule has 0 spiro atoms. The predicted octanol–water partition coefficient (Wildman–Crippen LogP) is -0.356. The van der Waals surface area contributed by atoms with Gasteiger partial charge in [-0.15, -0.1) is 0 Å². The summed E-state index contributed by atoms with van der Waals surface area (Å²) in [5, 5.41) is 31.0. The summed E-state index contributed by atoms with van der Waals surface area (Å²) in [7, 11) is -2.17. The average Bonchev–Trinajstić information content (AvgIpc) is 1.82. The molecule has 0 aromatic rings. The third-order valence-electron chi connectivity index (χ3n) is 1.85. The molecule has 0 aromatic carbocycles. The maximum atomic E-state index is 9.50. The van der Waals surface area contributed by atoms with Crippen molar-refractivity contribution < 1.29 is 24.9 Å². The largest absolute Gasteiger partial charge is 0.631 e. The van der Waals surface area contributed by atoms with E-state index in [4.69, 9.17) is 19.8 Å². The molecule has 0 heterocycles. The number of hydrogen-bond donors (Lipinski definition) is 4. The molecule has 0 amide bonds. The molecule has 0 fully saturated rings. The van der Waals surface area contributed by atoms with Gasteiger partial charge in [0, 0.05) is 0 Å².